The molecule has 1 fully saturated rings. The summed E-state index contributed by atoms with van der Waals surface area (Å²) in [6.45, 7) is 1.68. The molecule has 3 N–H and O–H groups in total. The van der Waals surface area contributed by atoms with E-state index in [1.165, 1.54) is 17.0 Å². The number of nitrogens with zero attached hydrogens (tertiary/aromatic N) is 1. The van der Waals surface area contributed by atoms with E-state index in [0.29, 0.717) is 12.3 Å². The number of quaternary nitrogens is 1. The monoisotopic (exact) mass is 311 g/mol. The Morgan fingerprint density at radius 2 is 2.27 bits per heavy atom. The minimum absolute atomic E-state index is 0.0333. The highest BCUT2D eigenvalue weighted by molar-refractivity contribution is 5.37. The summed E-state index contributed by atoms with van der Waals surface area (Å²) >= 11 is 0. The number of nitro groups is 1. The molecule has 1 heterocycles. The van der Waals surface area contributed by atoms with Crippen LogP contribution in [0.2, 0.25) is 0 Å². The van der Waals surface area contributed by atoms with Gasteiger partial charge in [0.05, 0.1) is 24.1 Å². The lowest BCUT2D eigenvalue weighted by molar-refractivity contribution is -0.933. The zero-order valence-electron chi connectivity index (χ0n) is 12.5. The lowest BCUT2D eigenvalue weighted by Crippen LogP contribution is -3.18. The van der Waals surface area contributed by atoms with Crippen LogP contribution in [0.1, 0.15) is 19.3 Å². The Bertz CT molecular complexity index is 497. The Hall–Kier alpha value is -1.70. The molecule has 22 heavy (non-hydrogen) atoms. The van der Waals surface area contributed by atoms with E-state index in [1.807, 2.05) is 0 Å². The Balaban J connectivity index is 1.83. The van der Waals surface area contributed by atoms with E-state index >= 15 is 0 Å². The standard InChI is InChI=1S/C15H22N2O5/c18-10-13-4-1-2-7-16(13)9-14(19)11-22-15-6-3-5-12(8-15)17(20)21/h3,5-6,8,13-14,18-19H,1-2,4,7,9-11H2/p+1/t13-,14-/m1/s1. The Kier molecular flexibility index (Phi) is 6.11. The third-order valence-corrected chi connectivity index (χ3v) is 4.07. The maximum atomic E-state index is 10.7. The normalized spacial score (nSPS) is 23.0. The van der Waals surface area contributed by atoms with Crippen LogP contribution in [-0.2, 0) is 0 Å². The molecule has 0 radical (unpaired) electrons. The number of likely N-dealkylation sites (tertiary alicyclic amines) is 1. The van der Waals surface area contributed by atoms with Crippen molar-refractivity contribution in [2.75, 3.05) is 26.3 Å². The van der Waals surface area contributed by atoms with Crippen molar-refractivity contribution in [2.24, 2.45) is 0 Å². The molecule has 1 aromatic rings. The third-order valence-electron chi connectivity index (χ3n) is 4.07. The molecule has 1 aromatic carbocycles. The van der Waals surface area contributed by atoms with Crippen LogP contribution < -0.4 is 9.64 Å². The number of piperidine rings is 1. The van der Waals surface area contributed by atoms with E-state index in [1.54, 1.807) is 12.1 Å². The van der Waals surface area contributed by atoms with Gasteiger partial charge in [-0.2, -0.15) is 0 Å². The fourth-order valence-electron chi connectivity index (χ4n) is 2.88. The van der Waals surface area contributed by atoms with E-state index < -0.39 is 11.0 Å². The van der Waals surface area contributed by atoms with Gasteiger partial charge in [-0.05, 0) is 18.9 Å². The second-order valence-electron chi connectivity index (χ2n) is 5.71. The van der Waals surface area contributed by atoms with Crippen molar-refractivity contribution in [1.29, 1.82) is 0 Å². The summed E-state index contributed by atoms with van der Waals surface area (Å²) in [5, 5.41) is 30.2. The molecule has 2 rings (SSSR count). The number of aliphatic hydroxyl groups excluding tert-OH is 2. The van der Waals surface area contributed by atoms with Gasteiger partial charge in [-0.25, -0.2) is 0 Å². The smallest absolute Gasteiger partial charge is 0.273 e. The molecule has 1 unspecified atom stereocenters. The van der Waals surface area contributed by atoms with Gasteiger partial charge in [-0.15, -0.1) is 0 Å². The van der Waals surface area contributed by atoms with Crippen molar-refractivity contribution in [2.45, 2.75) is 31.4 Å². The highest BCUT2D eigenvalue weighted by atomic mass is 16.6. The van der Waals surface area contributed by atoms with Gasteiger partial charge in [-0.1, -0.05) is 6.07 Å². The molecular formula is C15H23N2O5+. The van der Waals surface area contributed by atoms with Crippen molar-refractivity contribution in [3.63, 3.8) is 0 Å². The van der Waals surface area contributed by atoms with Crippen LogP contribution >= 0.6 is 0 Å². The summed E-state index contributed by atoms with van der Waals surface area (Å²) in [6, 6.07) is 6.10. The molecule has 1 aliphatic rings. The maximum absolute atomic E-state index is 10.7. The molecule has 0 bridgehead atoms. The van der Waals surface area contributed by atoms with Gasteiger partial charge in [0.2, 0.25) is 0 Å². The fraction of sp³-hybridized carbons (Fsp3) is 0.600. The number of benzene rings is 1. The van der Waals surface area contributed by atoms with Gasteiger partial charge in [0.1, 0.15) is 31.0 Å². The number of rotatable bonds is 7. The quantitative estimate of drug-likeness (QED) is 0.477. The van der Waals surface area contributed by atoms with Crippen LogP contribution in [0.5, 0.6) is 5.75 Å². The predicted molar refractivity (Wildman–Crippen MR) is 80.0 cm³/mol. The van der Waals surface area contributed by atoms with Crippen LogP contribution in [-0.4, -0.2) is 53.6 Å². The first-order chi connectivity index (χ1) is 10.6. The highest BCUT2D eigenvalue weighted by Crippen LogP contribution is 2.19. The number of ether oxygens (including phenoxy) is 1. The average molecular weight is 311 g/mol. The molecule has 1 aliphatic heterocycles. The van der Waals surface area contributed by atoms with E-state index in [-0.39, 0.29) is 24.9 Å². The summed E-state index contributed by atoms with van der Waals surface area (Å²) in [5.41, 5.74) is -0.0333. The first-order valence-electron chi connectivity index (χ1n) is 7.61. The predicted octanol–water partition coefficient (Wildman–Crippen LogP) is -0.236. The number of nitro benzene ring substituents is 1. The van der Waals surface area contributed by atoms with Gasteiger partial charge in [0.25, 0.3) is 5.69 Å². The number of hydrogen-bond donors (Lipinski definition) is 3. The molecular weight excluding hydrogens is 288 g/mol. The zero-order valence-corrected chi connectivity index (χ0v) is 12.5. The summed E-state index contributed by atoms with van der Waals surface area (Å²) in [4.78, 5) is 11.4. The molecule has 1 saturated heterocycles. The van der Waals surface area contributed by atoms with Gasteiger partial charge in [-0.3, -0.25) is 10.1 Å². The van der Waals surface area contributed by atoms with E-state index in [2.05, 4.69) is 0 Å². The lowest BCUT2D eigenvalue weighted by atomic mass is 10.0. The van der Waals surface area contributed by atoms with Crippen molar-refractivity contribution in [3.8, 4) is 5.75 Å². The van der Waals surface area contributed by atoms with Crippen molar-refractivity contribution in [3.05, 3.63) is 34.4 Å². The molecule has 0 amide bonds. The summed E-state index contributed by atoms with van der Waals surface area (Å²) in [5.74, 6) is 0.376. The second kappa shape index (κ2) is 8.07. The Morgan fingerprint density at radius 3 is 3.00 bits per heavy atom. The van der Waals surface area contributed by atoms with E-state index in [4.69, 9.17) is 4.74 Å². The van der Waals surface area contributed by atoms with Gasteiger partial charge >= 0.3 is 0 Å². The van der Waals surface area contributed by atoms with Gasteiger partial charge in [0, 0.05) is 12.5 Å². The lowest BCUT2D eigenvalue weighted by Gasteiger charge is -2.32. The largest absolute Gasteiger partial charge is 0.490 e. The number of hydrogen-bond acceptors (Lipinski definition) is 5. The summed E-state index contributed by atoms with van der Waals surface area (Å²) in [6.07, 6.45) is 2.53. The SMILES string of the molecule is O=[N+]([O-])c1cccc(OC[C@H](O)C[NH+]2CCCC[C@@H]2CO)c1. The Morgan fingerprint density at radius 1 is 1.45 bits per heavy atom. The van der Waals surface area contributed by atoms with Crippen LogP contribution in [0.4, 0.5) is 5.69 Å². The van der Waals surface area contributed by atoms with Crippen LogP contribution in [0.3, 0.4) is 0 Å². The molecule has 0 spiro atoms. The van der Waals surface area contributed by atoms with Crippen molar-refractivity contribution in [1.82, 2.24) is 0 Å². The molecule has 0 saturated carbocycles. The first kappa shape index (κ1) is 16.7. The molecule has 7 heteroatoms. The third kappa shape index (κ3) is 4.66. The minimum atomic E-state index is -0.665. The molecule has 0 aromatic heterocycles. The molecule has 0 aliphatic carbocycles. The molecule has 7 nitrogen and oxygen atoms in total. The number of non-ortho nitro benzene ring substituents is 1. The van der Waals surface area contributed by atoms with E-state index in [0.717, 1.165) is 25.8 Å². The first-order valence-corrected chi connectivity index (χ1v) is 7.61. The van der Waals surface area contributed by atoms with Crippen molar-refractivity contribution < 1.29 is 24.8 Å². The van der Waals surface area contributed by atoms with Crippen LogP contribution in [0.25, 0.3) is 0 Å². The molecule has 122 valence electrons. The molecule has 3 atom stereocenters. The van der Waals surface area contributed by atoms with E-state index in [9.17, 15) is 20.3 Å². The van der Waals surface area contributed by atoms with Gasteiger partial charge < -0.3 is 19.8 Å². The van der Waals surface area contributed by atoms with Crippen molar-refractivity contribution >= 4 is 5.69 Å². The average Bonchev–Trinajstić information content (AvgIpc) is 2.53. The van der Waals surface area contributed by atoms with Crippen LogP contribution in [0, 0.1) is 10.1 Å². The highest BCUT2D eigenvalue weighted by Gasteiger charge is 2.27. The topological polar surface area (TPSA) is 97.3 Å². The van der Waals surface area contributed by atoms with Gasteiger partial charge in [0.15, 0.2) is 0 Å². The summed E-state index contributed by atoms with van der Waals surface area (Å²) in [7, 11) is 0. The minimum Gasteiger partial charge on any atom is -0.490 e. The Labute approximate surface area is 129 Å². The second-order valence-corrected chi connectivity index (χ2v) is 5.71. The number of aliphatic hydroxyl groups is 2. The number of nitrogens with one attached hydrogen (secondary N) is 1. The van der Waals surface area contributed by atoms with Crippen LogP contribution in [0.15, 0.2) is 24.3 Å². The zero-order chi connectivity index (χ0) is 15.9. The maximum Gasteiger partial charge on any atom is 0.273 e. The summed E-state index contributed by atoms with van der Waals surface area (Å²) < 4.78 is 5.44. The fourth-order valence-corrected chi connectivity index (χ4v) is 2.88.